The van der Waals surface area contributed by atoms with E-state index >= 15 is 0 Å². The highest BCUT2D eigenvalue weighted by Crippen LogP contribution is 2.27. The molecule has 2 nitrogen and oxygen atoms in total. The molecule has 0 bridgehead atoms. The van der Waals surface area contributed by atoms with Gasteiger partial charge in [0.2, 0.25) is 0 Å². The van der Waals surface area contributed by atoms with Crippen molar-refractivity contribution in [1.29, 1.82) is 0 Å². The molecule has 0 aromatic heterocycles. The Morgan fingerprint density at radius 1 is 1.07 bits per heavy atom. The Bertz CT molecular complexity index is 139. The van der Waals surface area contributed by atoms with E-state index in [-0.39, 0.29) is 0 Å². The Morgan fingerprint density at radius 2 is 1.64 bits per heavy atom. The Labute approximate surface area is 87.3 Å². The van der Waals surface area contributed by atoms with Crippen LogP contribution in [-0.2, 0) is 0 Å². The molecule has 84 valence electrons. The van der Waals surface area contributed by atoms with Crippen molar-refractivity contribution in [2.24, 2.45) is 5.92 Å². The molecule has 2 atom stereocenters. The lowest BCUT2D eigenvalue weighted by Gasteiger charge is -2.25. The first-order chi connectivity index (χ1) is 6.75. The SMILES string of the molecule is CCCC(O)C(O)C1CCCCCC1. The van der Waals surface area contributed by atoms with Gasteiger partial charge in [-0.15, -0.1) is 0 Å². The van der Waals surface area contributed by atoms with Gasteiger partial charge in [-0.2, -0.15) is 0 Å². The smallest absolute Gasteiger partial charge is 0.0827 e. The van der Waals surface area contributed by atoms with Crippen LogP contribution < -0.4 is 0 Å². The summed E-state index contributed by atoms with van der Waals surface area (Å²) in [5.41, 5.74) is 0. The van der Waals surface area contributed by atoms with Gasteiger partial charge in [-0.25, -0.2) is 0 Å². The van der Waals surface area contributed by atoms with Gasteiger partial charge in [-0.05, 0) is 25.2 Å². The predicted molar refractivity (Wildman–Crippen MR) is 58.1 cm³/mol. The predicted octanol–water partition coefficient (Wildman–Crippen LogP) is 2.48. The number of aliphatic hydroxyl groups excluding tert-OH is 2. The van der Waals surface area contributed by atoms with Gasteiger partial charge in [0.25, 0.3) is 0 Å². The molecule has 2 heteroatoms. The van der Waals surface area contributed by atoms with Crippen LogP contribution in [0.5, 0.6) is 0 Å². The molecule has 0 aromatic rings. The molecular formula is C12H24O2. The highest BCUT2D eigenvalue weighted by Gasteiger charge is 2.25. The molecule has 14 heavy (non-hydrogen) atoms. The van der Waals surface area contributed by atoms with E-state index in [0.29, 0.717) is 5.92 Å². The van der Waals surface area contributed by atoms with Crippen molar-refractivity contribution in [2.75, 3.05) is 0 Å². The average molecular weight is 200 g/mol. The molecule has 1 aliphatic rings. The third-order valence-corrected chi connectivity index (χ3v) is 3.36. The first kappa shape index (κ1) is 12.0. The van der Waals surface area contributed by atoms with Crippen molar-refractivity contribution in [1.82, 2.24) is 0 Å². The van der Waals surface area contributed by atoms with Crippen molar-refractivity contribution in [3.8, 4) is 0 Å². The summed E-state index contributed by atoms with van der Waals surface area (Å²) in [6.45, 7) is 2.04. The summed E-state index contributed by atoms with van der Waals surface area (Å²) in [7, 11) is 0. The van der Waals surface area contributed by atoms with Crippen LogP contribution in [-0.4, -0.2) is 22.4 Å². The summed E-state index contributed by atoms with van der Waals surface area (Å²) in [5.74, 6) is 0.346. The topological polar surface area (TPSA) is 40.5 Å². The minimum Gasteiger partial charge on any atom is -0.390 e. The summed E-state index contributed by atoms with van der Waals surface area (Å²) < 4.78 is 0. The summed E-state index contributed by atoms with van der Waals surface area (Å²) in [6.07, 6.45) is 7.95. The van der Waals surface area contributed by atoms with E-state index in [1.54, 1.807) is 0 Å². The number of hydrogen-bond acceptors (Lipinski definition) is 2. The molecule has 2 N–H and O–H groups in total. The zero-order valence-electron chi connectivity index (χ0n) is 9.28. The number of rotatable bonds is 4. The molecular weight excluding hydrogens is 176 g/mol. The minimum atomic E-state index is -0.497. The highest BCUT2D eigenvalue weighted by atomic mass is 16.3. The zero-order valence-corrected chi connectivity index (χ0v) is 9.28. The van der Waals surface area contributed by atoms with Crippen LogP contribution in [0.1, 0.15) is 58.3 Å². The fourth-order valence-electron chi connectivity index (χ4n) is 2.43. The maximum Gasteiger partial charge on any atom is 0.0827 e. The number of hydrogen-bond donors (Lipinski definition) is 2. The maximum atomic E-state index is 9.95. The molecule has 1 aliphatic carbocycles. The normalized spacial score (nSPS) is 24.2. The lowest BCUT2D eigenvalue weighted by Crippen LogP contribution is -2.33. The molecule has 0 spiro atoms. The lowest BCUT2D eigenvalue weighted by atomic mass is 9.89. The second-order valence-corrected chi connectivity index (χ2v) is 4.60. The second-order valence-electron chi connectivity index (χ2n) is 4.60. The molecule has 0 radical (unpaired) electrons. The Balaban J connectivity index is 2.36. The largest absolute Gasteiger partial charge is 0.390 e. The zero-order chi connectivity index (χ0) is 10.4. The van der Waals surface area contributed by atoms with Gasteiger partial charge < -0.3 is 10.2 Å². The van der Waals surface area contributed by atoms with Crippen molar-refractivity contribution in [3.05, 3.63) is 0 Å². The van der Waals surface area contributed by atoms with Crippen molar-refractivity contribution in [3.63, 3.8) is 0 Å². The monoisotopic (exact) mass is 200 g/mol. The molecule has 1 saturated carbocycles. The second kappa shape index (κ2) is 6.41. The van der Waals surface area contributed by atoms with Gasteiger partial charge in [0.1, 0.15) is 0 Å². The van der Waals surface area contributed by atoms with Crippen LogP contribution in [0.2, 0.25) is 0 Å². The molecule has 0 aliphatic heterocycles. The lowest BCUT2D eigenvalue weighted by molar-refractivity contribution is -0.0252. The molecule has 0 aromatic carbocycles. The van der Waals surface area contributed by atoms with Crippen LogP contribution in [0.3, 0.4) is 0 Å². The van der Waals surface area contributed by atoms with Gasteiger partial charge in [-0.3, -0.25) is 0 Å². The van der Waals surface area contributed by atoms with E-state index in [1.807, 2.05) is 6.92 Å². The highest BCUT2D eigenvalue weighted by molar-refractivity contribution is 4.77. The van der Waals surface area contributed by atoms with Crippen LogP contribution in [0.25, 0.3) is 0 Å². The summed E-state index contributed by atoms with van der Waals surface area (Å²) in [5, 5.41) is 19.7. The standard InChI is InChI=1S/C12H24O2/c1-2-7-11(13)12(14)10-8-5-3-4-6-9-10/h10-14H,2-9H2,1H3. The Morgan fingerprint density at radius 3 is 2.14 bits per heavy atom. The first-order valence-corrected chi connectivity index (χ1v) is 6.11. The molecule has 0 saturated heterocycles. The van der Waals surface area contributed by atoms with Gasteiger partial charge >= 0.3 is 0 Å². The van der Waals surface area contributed by atoms with E-state index in [2.05, 4.69) is 0 Å². The van der Waals surface area contributed by atoms with Crippen LogP contribution in [0.15, 0.2) is 0 Å². The first-order valence-electron chi connectivity index (χ1n) is 6.11. The van der Waals surface area contributed by atoms with Gasteiger partial charge in [0, 0.05) is 0 Å². The van der Waals surface area contributed by atoms with Gasteiger partial charge in [0.05, 0.1) is 12.2 Å². The molecule has 2 unspecified atom stereocenters. The fraction of sp³-hybridized carbons (Fsp3) is 1.00. The summed E-state index contributed by atoms with van der Waals surface area (Å²) in [6, 6.07) is 0. The van der Waals surface area contributed by atoms with Crippen LogP contribution in [0, 0.1) is 5.92 Å². The van der Waals surface area contributed by atoms with Crippen molar-refractivity contribution < 1.29 is 10.2 Å². The maximum absolute atomic E-state index is 9.95. The van der Waals surface area contributed by atoms with Crippen LogP contribution in [0.4, 0.5) is 0 Å². The molecule has 1 fully saturated rings. The minimum absolute atomic E-state index is 0.346. The fourth-order valence-corrected chi connectivity index (χ4v) is 2.43. The van der Waals surface area contributed by atoms with E-state index in [4.69, 9.17) is 0 Å². The molecule has 0 amide bonds. The van der Waals surface area contributed by atoms with E-state index in [1.165, 1.54) is 25.7 Å². The Hall–Kier alpha value is -0.0800. The third-order valence-electron chi connectivity index (χ3n) is 3.36. The summed E-state index contributed by atoms with van der Waals surface area (Å²) >= 11 is 0. The summed E-state index contributed by atoms with van der Waals surface area (Å²) in [4.78, 5) is 0. The van der Waals surface area contributed by atoms with E-state index in [9.17, 15) is 10.2 Å². The molecule has 1 rings (SSSR count). The van der Waals surface area contributed by atoms with E-state index < -0.39 is 12.2 Å². The van der Waals surface area contributed by atoms with Gasteiger partial charge in [0.15, 0.2) is 0 Å². The Kier molecular flexibility index (Phi) is 5.49. The van der Waals surface area contributed by atoms with E-state index in [0.717, 1.165) is 25.7 Å². The van der Waals surface area contributed by atoms with Crippen LogP contribution >= 0.6 is 0 Å². The third kappa shape index (κ3) is 3.58. The number of aliphatic hydroxyl groups is 2. The van der Waals surface area contributed by atoms with Crippen molar-refractivity contribution >= 4 is 0 Å². The quantitative estimate of drug-likeness (QED) is 0.684. The average Bonchev–Trinajstić information content (AvgIpc) is 2.45. The van der Waals surface area contributed by atoms with Crippen molar-refractivity contribution in [2.45, 2.75) is 70.5 Å². The molecule has 0 heterocycles. The van der Waals surface area contributed by atoms with Gasteiger partial charge in [-0.1, -0.05) is 39.0 Å².